The quantitative estimate of drug-likeness (QED) is 0.656. The molecule has 0 N–H and O–H groups in total. The predicted molar refractivity (Wildman–Crippen MR) is 42.2 cm³/mol. The molecule has 0 aliphatic rings. The van der Waals surface area contributed by atoms with Crippen LogP contribution in [0.1, 0.15) is 5.56 Å². The van der Waals surface area contributed by atoms with Crippen molar-refractivity contribution in [2.24, 2.45) is 0 Å². The largest absolute Gasteiger partial charge is 0.495 e. The summed E-state index contributed by atoms with van der Waals surface area (Å²) in [4.78, 5) is 0. The van der Waals surface area contributed by atoms with Crippen molar-refractivity contribution in [3.63, 3.8) is 0 Å². The van der Waals surface area contributed by atoms with Gasteiger partial charge in [-0.25, -0.2) is 0 Å². The number of methoxy groups -OCH3 is 2. The third kappa shape index (κ3) is 1.09. The first-order valence-corrected chi connectivity index (χ1v) is 3.83. The van der Waals surface area contributed by atoms with Crippen molar-refractivity contribution in [3.8, 4) is 10.8 Å². The van der Waals surface area contributed by atoms with Crippen LogP contribution in [0.2, 0.25) is 0 Å². The van der Waals surface area contributed by atoms with Crippen molar-refractivity contribution >= 4 is 11.3 Å². The molecule has 0 aliphatic heterocycles. The predicted octanol–water partition coefficient (Wildman–Crippen LogP) is 2.07. The second-order valence-electron chi connectivity index (χ2n) is 1.92. The zero-order valence-electron chi connectivity index (χ0n) is 6.30. The van der Waals surface area contributed by atoms with E-state index >= 15 is 0 Å². The van der Waals surface area contributed by atoms with E-state index in [4.69, 9.17) is 9.47 Å². The Bertz CT molecular complexity index is 196. The van der Waals surface area contributed by atoms with Crippen LogP contribution in [0.25, 0.3) is 0 Å². The van der Waals surface area contributed by atoms with Crippen LogP contribution < -0.4 is 9.47 Å². The second-order valence-corrected chi connectivity index (χ2v) is 2.76. The standard InChI is InChI=1S/C7H10O2S/c1-5-6(8-2)4-10-7(5)9-3/h4H,1-3H3. The van der Waals surface area contributed by atoms with E-state index in [0.717, 1.165) is 16.4 Å². The van der Waals surface area contributed by atoms with E-state index in [1.807, 2.05) is 12.3 Å². The summed E-state index contributed by atoms with van der Waals surface area (Å²) in [6.45, 7) is 1.98. The van der Waals surface area contributed by atoms with Gasteiger partial charge in [-0.3, -0.25) is 0 Å². The molecule has 0 aliphatic carbocycles. The molecule has 0 amide bonds. The summed E-state index contributed by atoms with van der Waals surface area (Å²) in [7, 11) is 3.33. The topological polar surface area (TPSA) is 18.5 Å². The molecule has 2 nitrogen and oxygen atoms in total. The summed E-state index contributed by atoms with van der Waals surface area (Å²) >= 11 is 1.55. The lowest BCUT2D eigenvalue weighted by molar-refractivity contribution is 0.400. The lowest BCUT2D eigenvalue weighted by Gasteiger charge is -1.97. The third-order valence-electron chi connectivity index (χ3n) is 1.35. The maximum absolute atomic E-state index is 5.07. The Morgan fingerprint density at radius 1 is 1.30 bits per heavy atom. The van der Waals surface area contributed by atoms with E-state index in [9.17, 15) is 0 Å². The van der Waals surface area contributed by atoms with Crippen LogP contribution >= 0.6 is 11.3 Å². The molecule has 0 unspecified atom stereocenters. The zero-order chi connectivity index (χ0) is 7.56. The van der Waals surface area contributed by atoms with E-state index in [1.54, 1.807) is 25.6 Å². The normalized spacial score (nSPS) is 9.50. The number of ether oxygens (including phenoxy) is 2. The van der Waals surface area contributed by atoms with Crippen molar-refractivity contribution in [2.45, 2.75) is 6.92 Å². The summed E-state index contributed by atoms with van der Waals surface area (Å²) < 4.78 is 10.1. The van der Waals surface area contributed by atoms with Gasteiger partial charge in [0, 0.05) is 10.9 Å². The molecule has 0 atom stereocenters. The molecule has 0 saturated heterocycles. The summed E-state index contributed by atoms with van der Waals surface area (Å²) in [5, 5.41) is 2.87. The fourth-order valence-electron chi connectivity index (χ4n) is 0.787. The Balaban J connectivity index is 2.97. The first-order valence-electron chi connectivity index (χ1n) is 2.95. The average molecular weight is 158 g/mol. The van der Waals surface area contributed by atoms with Crippen LogP contribution in [0.5, 0.6) is 10.8 Å². The van der Waals surface area contributed by atoms with Gasteiger partial charge in [-0.1, -0.05) is 0 Å². The molecule has 0 saturated carbocycles. The molecule has 0 bridgehead atoms. The van der Waals surface area contributed by atoms with Gasteiger partial charge < -0.3 is 9.47 Å². The molecule has 0 fully saturated rings. The van der Waals surface area contributed by atoms with Gasteiger partial charge >= 0.3 is 0 Å². The maximum Gasteiger partial charge on any atom is 0.180 e. The van der Waals surface area contributed by atoms with Crippen LogP contribution in [0, 0.1) is 6.92 Å². The van der Waals surface area contributed by atoms with E-state index in [0.29, 0.717) is 0 Å². The summed E-state index contributed by atoms with van der Waals surface area (Å²) in [6.07, 6.45) is 0. The fraction of sp³-hybridized carbons (Fsp3) is 0.429. The van der Waals surface area contributed by atoms with Crippen LogP contribution in [0.3, 0.4) is 0 Å². The Labute approximate surface area is 64.4 Å². The highest BCUT2D eigenvalue weighted by molar-refractivity contribution is 7.12. The first kappa shape index (κ1) is 7.41. The minimum atomic E-state index is 0.904. The van der Waals surface area contributed by atoms with Gasteiger partial charge in [0.05, 0.1) is 14.2 Å². The molecular formula is C7H10O2S. The van der Waals surface area contributed by atoms with E-state index < -0.39 is 0 Å². The molecule has 0 spiro atoms. The molecule has 1 aromatic heterocycles. The lowest BCUT2D eigenvalue weighted by atomic mass is 10.3. The van der Waals surface area contributed by atoms with E-state index in [1.165, 1.54) is 0 Å². The molecule has 1 aromatic rings. The van der Waals surface area contributed by atoms with E-state index in [2.05, 4.69) is 0 Å². The van der Waals surface area contributed by atoms with Crippen molar-refractivity contribution < 1.29 is 9.47 Å². The smallest absolute Gasteiger partial charge is 0.180 e. The molecule has 10 heavy (non-hydrogen) atoms. The van der Waals surface area contributed by atoms with Gasteiger partial charge in [-0.2, -0.15) is 0 Å². The van der Waals surface area contributed by atoms with Gasteiger partial charge in [0.25, 0.3) is 0 Å². The van der Waals surface area contributed by atoms with Crippen LogP contribution in [-0.4, -0.2) is 14.2 Å². The van der Waals surface area contributed by atoms with Crippen LogP contribution in [0.15, 0.2) is 5.38 Å². The molecule has 3 heteroatoms. The molecule has 1 rings (SSSR count). The fourth-order valence-corrected chi connectivity index (χ4v) is 1.65. The van der Waals surface area contributed by atoms with Gasteiger partial charge in [0.1, 0.15) is 5.75 Å². The number of rotatable bonds is 2. The highest BCUT2D eigenvalue weighted by Gasteiger charge is 2.06. The zero-order valence-corrected chi connectivity index (χ0v) is 7.12. The Kier molecular flexibility index (Phi) is 2.17. The van der Waals surface area contributed by atoms with Crippen molar-refractivity contribution in [1.82, 2.24) is 0 Å². The first-order chi connectivity index (χ1) is 4.79. The van der Waals surface area contributed by atoms with Gasteiger partial charge in [-0.15, -0.1) is 11.3 Å². The third-order valence-corrected chi connectivity index (χ3v) is 2.37. The minimum absolute atomic E-state index is 0.904. The number of hydrogen-bond donors (Lipinski definition) is 0. The Morgan fingerprint density at radius 2 is 2.00 bits per heavy atom. The monoisotopic (exact) mass is 158 g/mol. The highest BCUT2D eigenvalue weighted by atomic mass is 32.1. The Hall–Kier alpha value is -0.700. The molecular weight excluding hydrogens is 148 g/mol. The van der Waals surface area contributed by atoms with Crippen LogP contribution in [-0.2, 0) is 0 Å². The minimum Gasteiger partial charge on any atom is -0.495 e. The second kappa shape index (κ2) is 2.92. The summed E-state index contributed by atoms with van der Waals surface area (Å²) in [5.74, 6) is 0.904. The van der Waals surface area contributed by atoms with Crippen LogP contribution in [0.4, 0.5) is 0 Å². The van der Waals surface area contributed by atoms with Crippen molar-refractivity contribution in [2.75, 3.05) is 14.2 Å². The molecule has 0 aromatic carbocycles. The molecule has 1 heterocycles. The lowest BCUT2D eigenvalue weighted by Crippen LogP contribution is -1.84. The van der Waals surface area contributed by atoms with Gasteiger partial charge in [0.15, 0.2) is 5.06 Å². The van der Waals surface area contributed by atoms with Crippen molar-refractivity contribution in [3.05, 3.63) is 10.9 Å². The Morgan fingerprint density at radius 3 is 2.30 bits per heavy atom. The maximum atomic E-state index is 5.07. The molecule has 56 valence electrons. The van der Waals surface area contributed by atoms with Gasteiger partial charge in [-0.05, 0) is 6.92 Å². The number of hydrogen-bond acceptors (Lipinski definition) is 3. The SMILES string of the molecule is COc1csc(OC)c1C. The number of thiophene rings is 1. The van der Waals surface area contributed by atoms with E-state index in [-0.39, 0.29) is 0 Å². The van der Waals surface area contributed by atoms with Gasteiger partial charge in [0.2, 0.25) is 0 Å². The molecule has 0 radical (unpaired) electrons. The highest BCUT2D eigenvalue weighted by Crippen LogP contribution is 2.34. The summed E-state index contributed by atoms with van der Waals surface area (Å²) in [6, 6.07) is 0. The van der Waals surface area contributed by atoms with Crippen molar-refractivity contribution in [1.29, 1.82) is 0 Å². The average Bonchev–Trinajstić information content (AvgIpc) is 2.30. The summed E-state index contributed by atoms with van der Waals surface area (Å²) in [5.41, 5.74) is 1.08.